The minimum atomic E-state index is 0.196. The van der Waals surface area contributed by atoms with Crippen LogP contribution in [0.1, 0.15) is 67.4 Å². The molecule has 1 saturated carbocycles. The first kappa shape index (κ1) is 14.0. The third kappa shape index (κ3) is 3.33. The summed E-state index contributed by atoms with van der Waals surface area (Å²) in [4.78, 5) is 6.28. The van der Waals surface area contributed by atoms with Crippen LogP contribution in [0.4, 0.5) is 0 Å². The largest absolute Gasteiger partial charge is 0.330 e. The van der Waals surface area contributed by atoms with Gasteiger partial charge in [0.25, 0.3) is 0 Å². The molecule has 0 radical (unpaired) electrons. The molecule has 0 aromatic carbocycles. The number of nitrogens with two attached hydrogens (primary N) is 1. The number of thiazole rings is 1. The van der Waals surface area contributed by atoms with E-state index in [2.05, 4.69) is 20.8 Å². The minimum Gasteiger partial charge on any atom is -0.330 e. The maximum Gasteiger partial charge on any atom is 0.0961 e. The summed E-state index contributed by atoms with van der Waals surface area (Å²) in [7, 11) is 0. The van der Waals surface area contributed by atoms with Crippen LogP contribution in [0.25, 0.3) is 0 Å². The molecule has 0 atom stereocenters. The molecule has 0 unspecified atom stereocenters. The van der Waals surface area contributed by atoms with Crippen molar-refractivity contribution in [3.05, 3.63) is 15.6 Å². The molecule has 3 heteroatoms. The second-order valence-electron chi connectivity index (χ2n) is 6.44. The van der Waals surface area contributed by atoms with Crippen molar-refractivity contribution in [2.75, 3.05) is 6.54 Å². The van der Waals surface area contributed by atoms with Gasteiger partial charge in [-0.3, -0.25) is 0 Å². The van der Waals surface area contributed by atoms with Crippen molar-refractivity contribution in [3.8, 4) is 0 Å². The van der Waals surface area contributed by atoms with Gasteiger partial charge >= 0.3 is 0 Å². The summed E-state index contributed by atoms with van der Waals surface area (Å²) in [6.45, 7) is 7.38. The third-order valence-electron chi connectivity index (χ3n) is 4.06. The SMILES string of the molecule is Cc1nc(C2CCCCC2)sc1CC(C)(C)CN. The van der Waals surface area contributed by atoms with Crippen LogP contribution in [0.3, 0.4) is 0 Å². The van der Waals surface area contributed by atoms with Crippen molar-refractivity contribution in [2.24, 2.45) is 11.1 Å². The highest BCUT2D eigenvalue weighted by atomic mass is 32.1. The fourth-order valence-corrected chi connectivity index (χ4v) is 4.14. The van der Waals surface area contributed by atoms with Gasteiger partial charge in [-0.25, -0.2) is 4.98 Å². The van der Waals surface area contributed by atoms with Crippen molar-refractivity contribution in [1.29, 1.82) is 0 Å². The summed E-state index contributed by atoms with van der Waals surface area (Å²) in [6, 6.07) is 0. The minimum absolute atomic E-state index is 0.196. The molecule has 2 N–H and O–H groups in total. The predicted octanol–water partition coefficient (Wildman–Crippen LogP) is 4.03. The summed E-state index contributed by atoms with van der Waals surface area (Å²) in [6.07, 6.45) is 7.92. The highest BCUT2D eigenvalue weighted by Crippen LogP contribution is 2.37. The molecule has 0 amide bonds. The van der Waals surface area contributed by atoms with Gasteiger partial charge < -0.3 is 5.73 Å². The molecule has 0 saturated heterocycles. The van der Waals surface area contributed by atoms with Crippen LogP contribution >= 0.6 is 11.3 Å². The maximum absolute atomic E-state index is 5.84. The first-order valence-corrected chi connectivity index (χ1v) is 8.00. The Kier molecular flexibility index (Phi) is 4.44. The van der Waals surface area contributed by atoms with Crippen molar-refractivity contribution in [2.45, 2.75) is 65.2 Å². The first-order chi connectivity index (χ1) is 8.52. The molecular formula is C15H26N2S. The van der Waals surface area contributed by atoms with E-state index in [0.717, 1.165) is 18.9 Å². The Hall–Kier alpha value is -0.410. The summed E-state index contributed by atoms with van der Waals surface area (Å²) >= 11 is 1.94. The van der Waals surface area contributed by atoms with E-state index >= 15 is 0 Å². The van der Waals surface area contributed by atoms with Crippen molar-refractivity contribution < 1.29 is 0 Å². The van der Waals surface area contributed by atoms with Gasteiger partial charge in [0.05, 0.1) is 10.7 Å². The molecule has 1 aromatic heterocycles. The monoisotopic (exact) mass is 266 g/mol. The van der Waals surface area contributed by atoms with Crippen LogP contribution in [0.5, 0.6) is 0 Å². The van der Waals surface area contributed by atoms with Gasteiger partial charge in [0.15, 0.2) is 0 Å². The van der Waals surface area contributed by atoms with Crippen LogP contribution in [-0.2, 0) is 6.42 Å². The molecule has 2 nitrogen and oxygen atoms in total. The van der Waals surface area contributed by atoms with Gasteiger partial charge in [-0.15, -0.1) is 11.3 Å². The number of hydrogen-bond acceptors (Lipinski definition) is 3. The summed E-state index contributed by atoms with van der Waals surface area (Å²) in [5.74, 6) is 0.734. The van der Waals surface area contributed by atoms with Gasteiger partial charge in [-0.1, -0.05) is 33.1 Å². The number of rotatable bonds is 4. The second-order valence-corrected chi connectivity index (χ2v) is 7.56. The molecule has 0 bridgehead atoms. The van der Waals surface area contributed by atoms with Gasteiger partial charge in [-0.05, 0) is 38.1 Å². The van der Waals surface area contributed by atoms with E-state index in [4.69, 9.17) is 10.7 Å². The van der Waals surface area contributed by atoms with Gasteiger partial charge in [0, 0.05) is 10.8 Å². The van der Waals surface area contributed by atoms with Crippen molar-refractivity contribution in [3.63, 3.8) is 0 Å². The highest BCUT2D eigenvalue weighted by Gasteiger charge is 2.23. The molecule has 18 heavy (non-hydrogen) atoms. The molecule has 1 aliphatic rings. The second kappa shape index (κ2) is 5.70. The zero-order valence-electron chi connectivity index (χ0n) is 12.0. The van der Waals surface area contributed by atoms with E-state index < -0.39 is 0 Å². The van der Waals surface area contributed by atoms with Gasteiger partial charge in [0.1, 0.15) is 0 Å². The maximum atomic E-state index is 5.84. The number of aryl methyl sites for hydroxylation is 1. The Morgan fingerprint density at radius 1 is 1.28 bits per heavy atom. The fraction of sp³-hybridized carbons (Fsp3) is 0.800. The molecule has 1 fully saturated rings. The van der Waals surface area contributed by atoms with Crippen molar-refractivity contribution >= 4 is 11.3 Å². The Balaban J connectivity index is 2.11. The van der Waals surface area contributed by atoms with Gasteiger partial charge in [0.2, 0.25) is 0 Å². The predicted molar refractivity (Wildman–Crippen MR) is 79.2 cm³/mol. The van der Waals surface area contributed by atoms with Gasteiger partial charge in [-0.2, -0.15) is 0 Å². The third-order valence-corrected chi connectivity index (χ3v) is 5.38. The van der Waals surface area contributed by atoms with E-state index in [9.17, 15) is 0 Å². The fourth-order valence-electron chi connectivity index (χ4n) is 2.65. The standard InChI is InChI=1S/C15H26N2S/c1-11-13(9-15(2,3)10-16)18-14(17-11)12-7-5-4-6-8-12/h12H,4-10,16H2,1-3H3. The number of aromatic nitrogens is 1. The molecule has 102 valence electrons. The average Bonchev–Trinajstić information content (AvgIpc) is 2.72. The molecule has 0 spiro atoms. The van der Waals surface area contributed by atoms with E-state index in [1.807, 2.05) is 11.3 Å². The number of nitrogens with zero attached hydrogens (tertiary/aromatic N) is 1. The molecule has 1 aromatic rings. The Morgan fingerprint density at radius 3 is 2.56 bits per heavy atom. The molecule has 0 aliphatic heterocycles. The Labute approximate surface area is 115 Å². The van der Waals surface area contributed by atoms with Crippen LogP contribution in [-0.4, -0.2) is 11.5 Å². The quantitative estimate of drug-likeness (QED) is 0.893. The van der Waals surface area contributed by atoms with Crippen LogP contribution in [0, 0.1) is 12.3 Å². The van der Waals surface area contributed by atoms with Crippen molar-refractivity contribution in [1.82, 2.24) is 4.98 Å². The van der Waals surface area contributed by atoms with E-state index in [-0.39, 0.29) is 5.41 Å². The number of hydrogen-bond donors (Lipinski definition) is 1. The molecular weight excluding hydrogens is 240 g/mol. The highest BCUT2D eigenvalue weighted by molar-refractivity contribution is 7.11. The molecule has 1 heterocycles. The lowest BCUT2D eigenvalue weighted by Crippen LogP contribution is -2.25. The lowest BCUT2D eigenvalue weighted by atomic mass is 9.88. The Morgan fingerprint density at radius 2 is 1.94 bits per heavy atom. The molecule has 2 rings (SSSR count). The topological polar surface area (TPSA) is 38.9 Å². The molecule has 1 aliphatic carbocycles. The Bertz CT molecular complexity index is 389. The first-order valence-electron chi connectivity index (χ1n) is 7.18. The van der Waals surface area contributed by atoms with Crippen LogP contribution in [0.15, 0.2) is 0 Å². The van der Waals surface area contributed by atoms with E-state index in [1.54, 1.807) is 0 Å². The zero-order chi connectivity index (χ0) is 13.2. The van der Waals surface area contributed by atoms with Crippen LogP contribution < -0.4 is 5.73 Å². The average molecular weight is 266 g/mol. The summed E-state index contributed by atoms with van der Waals surface area (Å²) in [5, 5.41) is 1.38. The normalized spacial score (nSPS) is 18.2. The summed E-state index contributed by atoms with van der Waals surface area (Å²) in [5.41, 5.74) is 7.27. The smallest absolute Gasteiger partial charge is 0.0961 e. The zero-order valence-corrected chi connectivity index (χ0v) is 12.8. The van der Waals surface area contributed by atoms with E-state index in [0.29, 0.717) is 0 Å². The lowest BCUT2D eigenvalue weighted by molar-refractivity contribution is 0.379. The summed E-state index contributed by atoms with van der Waals surface area (Å²) < 4.78 is 0. The van der Waals surface area contributed by atoms with Crippen LogP contribution in [0.2, 0.25) is 0 Å². The van der Waals surface area contributed by atoms with E-state index in [1.165, 1.54) is 47.7 Å². The lowest BCUT2D eigenvalue weighted by Gasteiger charge is -2.21.